The summed E-state index contributed by atoms with van der Waals surface area (Å²) in [4.78, 5) is 22.8. The van der Waals surface area contributed by atoms with Crippen LogP contribution in [-0.4, -0.2) is 24.0 Å². The Bertz CT molecular complexity index is 498. The zero-order chi connectivity index (χ0) is 14.6. The highest BCUT2D eigenvalue weighted by atomic mass is 16.5. The summed E-state index contributed by atoms with van der Waals surface area (Å²) >= 11 is 0. The highest BCUT2D eigenvalue weighted by Crippen LogP contribution is 2.23. The first-order chi connectivity index (χ1) is 8.77. The molecule has 0 saturated carbocycles. The van der Waals surface area contributed by atoms with Crippen molar-refractivity contribution < 1.29 is 14.3 Å². The summed E-state index contributed by atoms with van der Waals surface area (Å²) in [6, 6.07) is 4.69. The van der Waals surface area contributed by atoms with E-state index in [1.165, 1.54) is 6.07 Å². The Balaban J connectivity index is 2.95. The van der Waals surface area contributed by atoms with Crippen molar-refractivity contribution in [1.82, 2.24) is 0 Å². The van der Waals surface area contributed by atoms with Crippen molar-refractivity contribution in [2.75, 3.05) is 17.7 Å². The number of rotatable bonds is 5. The largest absolute Gasteiger partial charge is 0.462 e. The molecule has 0 spiro atoms. The van der Waals surface area contributed by atoms with E-state index in [9.17, 15) is 9.59 Å². The highest BCUT2D eigenvalue weighted by Gasteiger charge is 2.25. The number of amides is 1. The quantitative estimate of drug-likeness (QED) is 0.546. The van der Waals surface area contributed by atoms with Crippen LogP contribution in [0.4, 0.5) is 11.4 Å². The van der Waals surface area contributed by atoms with Gasteiger partial charge >= 0.3 is 5.97 Å². The Morgan fingerprint density at radius 3 is 2.47 bits per heavy atom. The smallest absolute Gasteiger partial charge is 0.338 e. The third-order valence-electron chi connectivity index (χ3n) is 2.63. The molecular formula is C13H19N3O3. The van der Waals surface area contributed by atoms with E-state index in [0.29, 0.717) is 23.5 Å². The van der Waals surface area contributed by atoms with E-state index in [1.54, 1.807) is 32.9 Å². The maximum absolute atomic E-state index is 11.5. The maximum Gasteiger partial charge on any atom is 0.338 e. The van der Waals surface area contributed by atoms with E-state index in [1.807, 2.05) is 0 Å². The molecule has 0 heterocycles. The van der Waals surface area contributed by atoms with E-state index in [0.717, 1.165) is 0 Å². The van der Waals surface area contributed by atoms with Gasteiger partial charge in [0.1, 0.15) is 5.54 Å². The van der Waals surface area contributed by atoms with Gasteiger partial charge in [0.25, 0.3) is 0 Å². The number of carbonyl (C=O) groups is 2. The third-order valence-corrected chi connectivity index (χ3v) is 2.63. The van der Waals surface area contributed by atoms with Gasteiger partial charge in [0.2, 0.25) is 5.91 Å². The Morgan fingerprint density at radius 1 is 1.37 bits per heavy atom. The van der Waals surface area contributed by atoms with E-state index in [4.69, 9.17) is 16.2 Å². The first kappa shape index (κ1) is 14.8. The van der Waals surface area contributed by atoms with Gasteiger partial charge in [-0.3, -0.25) is 4.79 Å². The van der Waals surface area contributed by atoms with Crippen molar-refractivity contribution in [3.63, 3.8) is 0 Å². The molecule has 104 valence electrons. The molecule has 6 nitrogen and oxygen atoms in total. The van der Waals surface area contributed by atoms with Crippen molar-refractivity contribution in [1.29, 1.82) is 0 Å². The zero-order valence-corrected chi connectivity index (χ0v) is 11.3. The predicted molar refractivity (Wildman–Crippen MR) is 73.7 cm³/mol. The van der Waals surface area contributed by atoms with Gasteiger partial charge in [0.15, 0.2) is 0 Å². The van der Waals surface area contributed by atoms with Crippen LogP contribution in [0.2, 0.25) is 0 Å². The molecule has 5 N–H and O–H groups in total. The molecule has 0 saturated heterocycles. The number of primary amides is 1. The van der Waals surface area contributed by atoms with E-state index in [2.05, 4.69) is 5.32 Å². The SMILES string of the molecule is CCOC(=O)c1ccc(NC(C)(C)C(N)=O)c(N)c1. The van der Waals surface area contributed by atoms with Crippen LogP contribution in [0.3, 0.4) is 0 Å². The number of benzene rings is 1. The molecule has 19 heavy (non-hydrogen) atoms. The van der Waals surface area contributed by atoms with Crippen LogP contribution < -0.4 is 16.8 Å². The molecule has 0 unspecified atom stereocenters. The first-order valence-electron chi connectivity index (χ1n) is 5.92. The fourth-order valence-corrected chi connectivity index (χ4v) is 1.42. The minimum absolute atomic E-state index is 0.299. The van der Waals surface area contributed by atoms with E-state index < -0.39 is 17.4 Å². The highest BCUT2D eigenvalue weighted by molar-refractivity contribution is 5.93. The summed E-state index contributed by atoms with van der Waals surface area (Å²) in [6.07, 6.45) is 0. The zero-order valence-electron chi connectivity index (χ0n) is 11.3. The van der Waals surface area contributed by atoms with Crippen molar-refractivity contribution in [3.05, 3.63) is 23.8 Å². The number of nitrogens with one attached hydrogen (secondary N) is 1. The average Bonchev–Trinajstić information content (AvgIpc) is 2.31. The van der Waals surface area contributed by atoms with Gasteiger partial charge in [0, 0.05) is 0 Å². The minimum atomic E-state index is -0.931. The molecule has 1 aromatic rings. The van der Waals surface area contributed by atoms with Crippen molar-refractivity contribution >= 4 is 23.3 Å². The number of esters is 1. The molecule has 0 bridgehead atoms. The number of ether oxygens (including phenoxy) is 1. The Labute approximate surface area is 112 Å². The van der Waals surface area contributed by atoms with Crippen LogP contribution in [0.15, 0.2) is 18.2 Å². The first-order valence-corrected chi connectivity index (χ1v) is 5.92. The Kier molecular flexibility index (Phi) is 4.37. The lowest BCUT2D eigenvalue weighted by Crippen LogP contribution is -2.45. The fraction of sp³-hybridized carbons (Fsp3) is 0.385. The maximum atomic E-state index is 11.5. The molecule has 0 aliphatic rings. The molecule has 1 aromatic carbocycles. The van der Waals surface area contributed by atoms with Gasteiger partial charge < -0.3 is 21.5 Å². The van der Waals surface area contributed by atoms with Crippen molar-refractivity contribution in [2.45, 2.75) is 26.3 Å². The van der Waals surface area contributed by atoms with Crippen LogP contribution in [-0.2, 0) is 9.53 Å². The standard InChI is InChI=1S/C13H19N3O3/c1-4-19-11(17)8-5-6-10(9(14)7-8)16-13(2,3)12(15)18/h5-7,16H,4,14H2,1-3H3,(H2,15,18). The van der Waals surface area contributed by atoms with Crippen LogP contribution >= 0.6 is 0 Å². The lowest BCUT2D eigenvalue weighted by molar-refractivity contribution is -0.121. The molecule has 0 aliphatic carbocycles. The molecule has 6 heteroatoms. The Morgan fingerprint density at radius 2 is 2.00 bits per heavy atom. The second-order valence-corrected chi connectivity index (χ2v) is 4.64. The second kappa shape index (κ2) is 5.60. The van der Waals surface area contributed by atoms with Crippen molar-refractivity contribution in [3.8, 4) is 0 Å². The molecule has 1 amide bonds. The number of anilines is 2. The molecule has 0 fully saturated rings. The topological polar surface area (TPSA) is 107 Å². The number of carbonyl (C=O) groups excluding carboxylic acids is 2. The molecule has 0 aliphatic heterocycles. The van der Waals surface area contributed by atoms with Crippen molar-refractivity contribution in [2.24, 2.45) is 5.73 Å². The minimum Gasteiger partial charge on any atom is -0.462 e. The van der Waals surface area contributed by atoms with Gasteiger partial charge in [-0.2, -0.15) is 0 Å². The predicted octanol–water partition coefficient (Wildman–Crippen LogP) is 1.12. The van der Waals surface area contributed by atoms with Gasteiger partial charge in [-0.25, -0.2) is 4.79 Å². The van der Waals surface area contributed by atoms with E-state index in [-0.39, 0.29) is 0 Å². The summed E-state index contributed by atoms with van der Waals surface area (Å²) in [6.45, 7) is 5.32. The van der Waals surface area contributed by atoms with Crippen LogP contribution in [0, 0.1) is 0 Å². The molecular weight excluding hydrogens is 246 g/mol. The summed E-state index contributed by atoms with van der Waals surface area (Å²) in [7, 11) is 0. The average molecular weight is 265 g/mol. The molecule has 0 atom stereocenters. The summed E-state index contributed by atoms with van der Waals surface area (Å²) in [5.41, 5.74) is 11.4. The number of nitrogen functional groups attached to an aromatic ring is 1. The second-order valence-electron chi connectivity index (χ2n) is 4.64. The lowest BCUT2D eigenvalue weighted by atomic mass is 10.0. The normalized spacial score (nSPS) is 10.9. The van der Waals surface area contributed by atoms with Crippen LogP contribution in [0.5, 0.6) is 0 Å². The summed E-state index contributed by atoms with van der Waals surface area (Å²) < 4.78 is 4.87. The summed E-state index contributed by atoms with van der Waals surface area (Å²) in [5.74, 6) is -0.934. The van der Waals surface area contributed by atoms with Gasteiger partial charge in [0.05, 0.1) is 23.5 Å². The molecule has 1 rings (SSSR count). The summed E-state index contributed by atoms with van der Waals surface area (Å²) in [5, 5.41) is 2.93. The van der Waals surface area contributed by atoms with Crippen LogP contribution in [0.25, 0.3) is 0 Å². The number of nitrogens with two attached hydrogens (primary N) is 2. The van der Waals surface area contributed by atoms with Gasteiger partial charge in [-0.05, 0) is 39.0 Å². The number of hydrogen-bond acceptors (Lipinski definition) is 5. The molecule has 0 aromatic heterocycles. The Hall–Kier alpha value is -2.24. The van der Waals surface area contributed by atoms with Crippen LogP contribution in [0.1, 0.15) is 31.1 Å². The van der Waals surface area contributed by atoms with Gasteiger partial charge in [-0.15, -0.1) is 0 Å². The lowest BCUT2D eigenvalue weighted by Gasteiger charge is -2.24. The molecule has 0 radical (unpaired) electrons. The fourth-order valence-electron chi connectivity index (χ4n) is 1.42. The number of hydrogen-bond donors (Lipinski definition) is 3. The van der Waals surface area contributed by atoms with E-state index >= 15 is 0 Å². The van der Waals surface area contributed by atoms with Gasteiger partial charge in [-0.1, -0.05) is 0 Å². The monoisotopic (exact) mass is 265 g/mol. The third kappa shape index (κ3) is 3.61.